The highest BCUT2D eigenvalue weighted by Gasteiger charge is 2.75. The summed E-state index contributed by atoms with van der Waals surface area (Å²) in [5.74, 6) is -0.508. The summed E-state index contributed by atoms with van der Waals surface area (Å²) in [5, 5.41) is 15.3. The predicted octanol–water partition coefficient (Wildman–Crippen LogP) is 2.27. The van der Waals surface area contributed by atoms with Gasteiger partial charge in [-0.2, -0.15) is 0 Å². The summed E-state index contributed by atoms with van der Waals surface area (Å²) in [5.41, 5.74) is 0.635. The van der Waals surface area contributed by atoms with Crippen molar-refractivity contribution in [1.82, 2.24) is 10.2 Å². The van der Waals surface area contributed by atoms with Gasteiger partial charge in [-0.15, -0.1) is 11.8 Å². The standard InChI is InChI=1S/C25H35N3O5S/c1-4-11-26-22(30)19-18-14-15(2)25(34-18)20(19)24(32)28(12-5-6-13-29)21(25)23(31)27-16-7-9-17(33-3)10-8-16/h7-10,15,18-21,29H,4-6,11-14H2,1-3H3,(H,26,30)(H,27,31)/t15?,18-,19+,20-,21?,25?/m0/s1. The first-order chi connectivity index (χ1) is 16.4. The van der Waals surface area contributed by atoms with Crippen LogP contribution in [-0.2, 0) is 14.4 Å². The lowest BCUT2D eigenvalue weighted by Crippen LogP contribution is -2.55. The molecule has 4 rings (SSSR count). The van der Waals surface area contributed by atoms with Crippen LogP contribution in [0, 0.1) is 17.8 Å². The highest BCUT2D eigenvalue weighted by molar-refractivity contribution is 8.02. The highest BCUT2D eigenvalue weighted by atomic mass is 32.2. The Morgan fingerprint density at radius 2 is 1.97 bits per heavy atom. The molecule has 0 radical (unpaired) electrons. The maximum atomic E-state index is 13.8. The minimum absolute atomic E-state index is 0.0363. The molecule has 1 spiro atoms. The molecule has 0 aromatic heterocycles. The molecule has 3 N–H and O–H groups in total. The van der Waals surface area contributed by atoms with Crippen LogP contribution in [0.5, 0.6) is 5.75 Å². The zero-order valence-electron chi connectivity index (χ0n) is 20.1. The van der Waals surface area contributed by atoms with Gasteiger partial charge in [0.25, 0.3) is 0 Å². The van der Waals surface area contributed by atoms with Crippen molar-refractivity contribution in [2.24, 2.45) is 17.8 Å². The smallest absolute Gasteiger partial charge is 0.248 e. The number of unbranched alkanes of at least 4 members (excludes halogenated alkanes) is 1. The third kappa shape index (κ3) is 4.06. The van der Waals surface area contributed by atoms with Gasteiger partial charge in [-0.05, 0) is 55.9 Å². The number of aliphatic hydroxyl groups is 1. The van der Waals surface area contributed by atoms with Crippen molar-refractivity contribution in [2.75, 3.05) is 32.1 Å². The molecule has 0 aliphatic carbocycles. The normalized spacial score (nSPS) is 31.5. The SMILES string of the molecule is CCCNC(=O)[C@@H]1[C@@H]2CC(C)C3(S2)C(C(=O)Nc2ccc(OC)cc2)N(CCCCO)C(=O)[C@H]13. The van der Waals surface area contributed by atoms with Gasteiger partial charge in [0.05, 0.1) is 23.7 Å². The molecule has 2 bridgehead atoms. The van der Waals surface area contributed by atoms with Crippen molar-refractivity contribution in [3.05, 3.63) is 24.3 Å². The minimum Gasteiger partial charge on any atom is -0.497 e. The number of anilines is 1. The summed E-state index contributed by atoms with van der Waals surface area (Å²) < 4.78 is 4.57. The molecule has 3 fully saturated rings. The Balaban J connectivity index is 1.66. The molecule has 3 unspecified atom stereocenters. The lowest BCUT2D eigenvalue weighted by atomic mass is 9.66. The maximum absolute atomic E-state index is 13.8. The number of ether oxygens (including phenoxy) is 1. The van der Waals surface area contributed by atoms with Gasteiger partial charge in [-0.3, -0.25) is 14.4 Å². The van der Waals surface area contributed by atoms with E-state index in [0.717, 1.165) is 12.8 Å². The number of nitrogens with one attached hydrogen (secondary N) is 2. The largest absolute Gasteiger partial charge is 0.497 e. The Bertz CT molecular complexity index is 926. The molecule has 3 amide bonds. The topological polar surface area (TPSA) is 108 Å². The molecule has 0 saturated carbocycles. The molecular formula is C25H35N3O5S. The number of aliphatic hydroxyl groups excluding tert-OH is 1. The Morgan fingerprint density at radius 3 is 2.62 bits per heavy atom. The van der Waals surface area contributed by atoms with Gasteiger partial charge in [-0.25, -0.2) is 0 Å². The van der Waals surface area contributed by atoms with E-state index in [-0.39, 0.29) is 35.5 Å². The van der Waals surface area contributed by atoms with E-state index in [1.54, 1.807) is 48.0 Å². The molecular weight excluding hydrogens is 454 g/mol. The summed E-state index contributed by atoms with van der Waals surface area (Å²) in [6.07, 6.45) is 2.80. The number of fused-ring (bicyclic) bond motifs is 1. The van der Waals surface area contributed by atoms with Crippen LogP contribution in [-0.4, -0.2) is 70.6 Å². The highest BCUT2D eigenvalue weighted by Crippen LogP contribution is 2.68. The fraction of sp³-hybridized carbons (Fsp3) is 0.640. The number of carbonyl (C=O) groups excluding carboxylic acids is 3. The number of carbonyl (C=O) groups is 3. The summed E-state index contributed by atoms with van der Waals surface area (Å²) >= 11 is 1.67. The first kappa shape index (κ1) is 24.9. The number of likely N-dealkylation sites (tertiary alicyclic amines) is 1. The third-order valence-electron chi connectivity index (χ3n) is 7.51. The second kappa shape index (κ2) is 10.2. The van der Waals surface area contributed by atoms with E-state index in [9.17, 15) is 19.5 Å². The van der Waals surface area contributed by atoms with Crippen LogP contribution in [0.3, 0.4) is 0 Å². The van der Waals surface area contributed by atoms with Crippen molar-refractivity contribution < 1.29 is 24.2 Å². The van der Waals surface area contributed by atoms with Crippen LogP contribution in [0.2, 0.25) is 0 Å². The van der Waals surface area contributed by atoms with Crippen LogP contribution >= 0.6 is 11.8 Å². The Morgan fingerprint density at radius 1 is 1.24 bits per heavy atom. The van der Waals surface area contributed by atoms with E-state index < -0.39 is 22.6 Å². The van der Waals surface area contributed by atoms with Gasteiger partial charge in [-0.1, -0.05) is 13.8 Å². The zero-order valence-corrected chi connectivity index (χ0v) is 20.9. The van der Waals surface area contributed by atoms with Crippen molar-refractivity contribution in [1.29, 1.82) is 0 Å². The average Bonchev–Trinajstić information content (AvgIpc) is 3.42. The molecule has 1 aromatic rings. The van der Waals surface area contributed by atoms with Crippen molar-refractivity contribution in [3.63, 3.8) is 0 Å². The first-order valence-corrected chi connectivity index (χ1v) is 13.1. The fourth-order valence-corrected chi connectivity index (χ4v) is 8.43. The Hall–Kier alpha value is -2.26. The summed E-state index contributed by atoms with van der Waals surface area (Å²) in [7, 11) is 1.59. The summed E-state index contributed by atoms with van der Waals surface area (Å²) in [4.78, 5) is 42.4. The van der Waals surface area contributed by atoms with Gasteiger partial charge in [0, 0.05) is 30.6 Å². The van der Waals surface area contributed by atoms with Crippen LogP contribution in [0.25, 0.3) is 0 Å². The number of rotatable bonds is 10. The fourth-order valence-electron chi connectivity index (χ4n) is 6.01. The van der Waals surface area contributed by atoms with E-state index in [0.29, 0.717) is 37.4 Å². The van der Waals surface area contributed by atoms with E-state index in [2.05, 4.69) is 17.6 Å². The molecule has 3 heterocycles. The lowest BCUT2D eigenvalue weighted by molar-refractivity contribution is -0.139. The predicted molar refractivity (Wildman–Crippen MR) is 132 cm³/mol. The molecule has 3 aliphatic heterocycles. The van der Waals surface area contributed by atoms with Gasteiger partial charge < -0.3 is 25.4 Å². The second-order valence-electron chi connectivity index (χ2n) is 9.52. The molecule has 6 atom stereocenters. The minimum atomic E-state index is -0.667. The molecule has 186 valence electrons. The van der Waals surface area contributed by atoms with Crippen LogP contribution in [0.1, 0.15) is 39.5 Å². The molecule has 1 aromatic carbocycles. The quantitative estimate of drug-likeness (QED) is 0.435. The summed E-state index contributed by atoms with van der Waals surface area (Å²) in [6.45, 7) is 5.12. The second-order valence-corrected chi connectivity index (χ2v) is 11.1. The number of benzene rings is 1. The molecule has 8 nitrogen and oxygen atoms in total. The van der Waals surface area contributed by atoms with Gasteiger partial charge in [0.2, 0.25) is 17.7 Å². The number of amides is 3. The third-order valence-corrected chi connectivity index (χ3v) is 9.59. The zero-order chi connectivity index (χ0) is 24.5. The van der Waals surface area contributed by atoms with E-state index in [1.807, 2.05) is 6.92 Å². The van der Waals surface area contributed by atoms with Crippen molar-refractivity contribution in [2.45, 2.75) is 55.6 Å². The first-order valence-electron chi connectivity index (χ1n) is 12.2. The van der Waals surface area contributed by atoms with Crippen LogP contribution < -0.4 is 15.4 Å². The molecule has 3 aliphatic rings. The van der Waals surface area contributed by atoms with E-state index in [4.69, 9.17) is 4.74 Å². The lowest BCUT2D eigenvalue weighted by Gasteiger charge is -2.38. The Labute approximate surface area is 205 Å². The monoisotopic (exact) mass is 489 g/mol. The number of methoxy groups -OCH3 is 1. The molecule has 3 saturated heterocycles. The number of hydrogen-bond acceptors (Lipinski definition) is 6. The van der Waals surface area contributed by atoms with E-state index in [1.165, 1.54) is 0 Å². The number of nitrogens with zero attached hydrogens (tertiary/aromatic N) is 1. The average molecular weight is 490 g/mol. The van der Waals surface area contributed by atoms with E-state index >= 15 is 0 Å². The maximum Gasteiger partial charge on any atom is 0.248 e. The number of hydrogen-bond donors (Lipinski definition) is 3. The van der Waals surface area contributed by atoms with Gasteiger partial charge >= 0.3 is 0 Å². The van der Waals surface area contributed by atoms with Crippen LogP contribution in [0.15, 0.2) is 24.3 Å². The Kier molecular flexibility index (Phi) is 7.42. The van der Waals surface area contributed by atoms with Gasteiger partial charge in [0.1, 0.15) is 11.8 Å². The van der Waals surface area contributed by atoms with Crippen molar-refractivity contribution in [3.8, 4) is 5.75 Å². The van der Waals surface area contributed by atoms with Gasteiger partial charge in [0.15, 0.2) is 0 Å². The molecule has 34 heavy (non-hydrogen) atoms. The summed E-state index contributed by atoms with van der Waals surface area (Å²) in [6, 6.07) is 6.45. The molecule has 9 heteroatoms. The van der Waals surface area contributed by atoms with Crippen LogP contribution in [0.4, 0.5) is 5.69 Å². The van der Waals surface area contributed by atoms with Crippen molar-refractivity contribution >= 4 is 35.2 Å². The number of thioether (sulfide) groups is 1.